The van der Waals surface area contributed by atoms with E-state index < -0.39 is 11.9 Å². The lowest BCUT2D eigenvalue weighted by Gasteiger charge is -2.24. The highest BCUT2D eigenvalue weighted by atomic mass is 16.2. The molecule has 4 heteroatoms. The molecule has 4 aromatic rings. The summed E-state index contributed by atoms with van der Waals surface area (Å²) in [7, 11) is 0. The number of carbonyl (C=O) groups is 2. The highest BCUT2D eigenvalue weighted by Gasteiger charge is 2.38. The van der Waals surface area contributed by atoms with Crippen LogP contribution in [0.3, 0.4) is 0 Å². The molecule has 0 aliphatic heterocycles. The van der Waals surface area contributed by atoms with E-state index in [0.717, 1.165) is 33.0 Å². The summed E-state index contributed by atoms with van der Waals surface area (Å²) >= 11 is 0. The number of fused-ring (bicyclic) bond motifs is 4. The van der Waals surface area contributed by atoms with E-state index in [9.17, 15) is 9.59 Å². The van der Waals surface area contributed by atoms with Crippen molar-refractivity contribution in [3.8, 4) is 11.1 Å². The summed E-state index contributed by atoms with van der Waals surface area (Å²) in [4.78, 5) is 25.8. The van der Waals surface area contributed by atoms with Crippen molar-refractivity contribution in [1.29, 1.82) is 0 Å². The van der Waals surface area contributed by atoms with E-state index in [4.69, 9.17) is 5.73 Å². The molecule has 146 valence electrons. The zero-order valence-corrected chi connectivity index (χ0v) is 16.2. The van der Waals surface area contributed by atoms with Crippen LogP contribution in [0.2, 0.25) is 0 Å². The summed E-state index contributed by atoms with van der Waals surface area (Å²) in [5.74, 6) is -1.19. The second-order valence-electron chi connectivity index (χ2n) is 7.53. The highest BCUT2D eigenvalue weighted by Crippen LogP contribution is 2.46. The Morgan fingerprint density at radius 1 is 0.733 bits per heavy atom. The molecule has 0 heterocycles. The van der Waals surface area contributed by atoms with Gasteiger partial charge in [-0.1, -0.05) is 84.9 Å². The van der Waals surface area contributed by atoms with Gasteiger partial charge in [-0.2, -0.15) is 0 Å². The second kappa shape index (κ2) is 7.16. The Balaban J connectivity index is 1.57. The molecule has 30 heavy (non-hydrogen) atoms. The average Bonchev–Trinajstić information content (AvgIpc) is 3.11. The molecule has 0 aromatic heterocycles. The largest absolute Gasteiger partial charge is 0.368 e. The van der Waals surface area contributed by atoms with Crippen molar-refractivity contribution in [2.45, 2.75) is 12.0 Å². The fourth-order valence-corrected chi connectivity index (χ4v) is 4.51. The molecule has 0 saturated carbocycles. The van der Waals surface area contributed by atoms with Gasteiger partial charge in [-0.3, -0.25) is 9.59 Å². The molecule has 0 fully saturated rings. The summed E-state index contributed by atoms with van der Waals surface area (Å²) in [5, 5.41) is 4.75. The lowest BCUT2D eigenvalue weighted by molar-refractivity contribution is -0.120. The van der Waals surface area contributed by atoms with Crippen molar-refractivity contribution in [3.05, 3.63) is 108 Å². The number of amides is 2. The van der Waals surface area contributed by atoms with Gasteiger partial charge in [0.2, 0.25) is 5.91 Å². The van der Waals surface area contributed by atoms with Gasteiger partial charge in [0.25, 0.3) is 5.91 Å². The van der Waals surface area contributed by atoms with Crippen LogP contribution in [0.15, 0.2) is 91.0 Å². The van der Waals surface area contributed by atoms with E-state index in [1.54, 1.807) is 6.07 Å². The van der Waals surface area contributed by atoms with E-state index in [-0.39, 0.29) is 11.8 Å². The first-order chi connectivity index (χ1) is 14.6. The fourth-order valence-electron chi connectivity index (χ4n) is 4.51. The maximum Gasteiger partial charge on any atom is 0.252 e. The van der Waals surface area contributed by atoms with Crippen LogP contribution >= 0.6 is 0 Å². The predicted octanol–water partition coefficient (Wildman–Crippen LogP) is 4.24. The number of carbonyl (C=O) groups excluding carboxylic acids is 2. The number of rotatable bonds is 4. The van der Waals surface area contributed by atoms with Crippen molar-refractivity contribution in [2.75, 3.05) is 0 Å². The molecular formula is C26H20N2O2. The third-order valence-electron chi connectivity index (χ3n) is 5.84. The van der Waals surface area contributed by atoms with Gasteiger partial charge >= 0.3 is 0 Å². The van der Waals surface area contributed by atoms with E-state index in [1.165, 1.54) is 0 Å². The molecule has 1 aliphatic carbocycles. The average molecular weight is 392 g/mol. The number of nitrogens with one attached hydrogen (secondary N) is 1. The van der Waals surface area contributed by atoms with Crippen molar-refractivity contribution in [1.82, 2.24) is 5.32 Å². The van der Waals surface area contributed by atoms with Crippen LogP contribution < -0.4 is 11.1 Å². The van der Waals surface area contributed by atoms with E-state index >= 15 is 0 Å². The minimum atomic E-state index is -0.860. The first-order valence-corrected chi connectivity index (χ1v) is 9.91. The molecule has 5 rings (SSSR count). The number of benzene rings is 4. The van der Waals surface area contributed by atoms with Gasteiger partial charge in [-0.25, -0.2) is 0 Å². The molecule has 4 aromatic carbocycles. The minimum Gasteiger partial charge on any atom is -0.368 e. The number of hydrogen-bond acceptors (Lipinski definition) is 2. The van der Waals surface area contributed by atoms with Crippen LogP contribution in [-0.2, 0) is 4.79 Å². The standard InChI is InChI=1S/C26H20N2O2/c27-25(29)24(28-26(30)22-15-7-9-16-8-1-2-10-17(16)22)23-20-13-5-3-11-18(20)19-12-4-6-14-21(19)23/h1-15,23-24H,(H2,27,29)(H,28,30)/t24-/m1/s1. The van der Waals surface area contributed by atoms with Crippen molar-refractivity contribution in [2.24, 2.45) is 5.73 Å². The molecule has 0 radical (unpaired) electrons. The Morgan fingerprint density at radius 3 is 1.97 bits per heavy atom. The summed E-state index contributed by atoms with van der Waals surface area (Å²) in [6.07, 6.45) is 0. The monoisotopic (exact) mass is 392 g/mol. The van der Waals surface area contributed by atoms with Crippen LogP contribution in [-0.4, -0.2) is 17.9 Å². The molecule has 4 nitrogen and oxygen atoms in total. The molecule has 1 atom stereocenters. The summed E-state index contributed by atoms with van der Waals surface area (Å²) in [6.45, 7) is 0. The van der Waals surface area contributed by atoms with Gasteiger partial charge < -0.3 is 11.1 Å². The normalized spacial score (nSPS) is 13.5. The minimum absolute atomic E-state index is 0.308. The maximum atomic E-state index is 13.2. The lowest BCUT2D eigenvalue weighted by atomic mass is 9.88. The Kier molecular flexibility index (Phi) is 4.32. The van der Waals surface area contributed by atoms with Crippen molar-refractivity contribution in [3.63, 3.8) is 0 Å². The van der Waals surface area contributed by atoms with Crippen LogP contribution in [0.1, 0.15) is 27.4 Å². The van der Waals surface area contributed by atoms with Gasteiger partial charge in [0, 0.05) is 11.5 Å². The molecule has 3 N–H and O–H groups in total. The Bertz CT molecular complexity index is 1240. The second-order valence-corrected chi connectivity index (χ2v) is 7.53. The van der Waals surface area contributed by atoms with E-state index in [0.29, 0.717) is 5.56 Å². The van der Waals surface area contributed by atoms with Crippen molar-refractivity contribution < 1.29 is 9.59 Å². The molecule has 0 bridgehead atoms. The fraction of sp³-hybridized carbons (Fsp3) is 0.0769. The topological polar surface area (TPSA) is 72.2 Å². The summed E-state index contributed by atoms with van der Waals surface area (Å²) in [6, 6.07) is 28.3. The smallest absolute Gasteiger partial charge is 0.252 e. The number of nitrogens with two attached hydrogens (primary N) is 1. The quantitative estimate of drug-likeness (QED) is 0.545. The van der Waals surface area contributed by atoms with Gasteiger partial charge in [0.1, 0.15) is 6.04 Å². The first kappa shape index (κ1) is 18.1. The first-order valence-electron chi connectivity index (χ1n) is 9.91. The Morgan fingerprint density at radius 2 is 1.30 bits per heavy atom. The number of hydrogen-bond donors (Lipinski definition) is 2. The molecule has 0 spiro atoms. The SMILES string of the molecule is NC(=O)[C@H](NC(=O)c1cccc2ccccc12)C1c2ccccc2-c2ccccc21. The predicted molar refractivity (Wildman–Crippen MR) is 118 cm³/mol. The van der Waals surface area contributed by atoms with Gasteiger partial charge in [-0.05, 0) is 39.1 Å². The van der Waals surface area contributed by atoms with Gasteiger partial charge in [-0.15, -0.1) is 0 Å². The summed E-state index contributed by atoms with van der Waals surface area (Å²) in [5.41, 5.74) is 10.5. The van der Waals surface area contributed by atoms with Crippen LogP contribution in [0.4, 0.5) is 0 Å². The van der Waals surface area contributed by atoms with Crippen LogP contribution in [0, 0.1) is 0 Å². The maximum absolute atomic E-state index is 13.2. The third kappa shape index (κ3) is 2.85. The van der Waals surface area contributed by atoms with Crippen molar-refractivity contribution >= 4 is 22.6 Å². The lowest BCUT2D eigenvalue weighted by Crippen LogP contribution is -2.48. The zero-order valence-electron chi connectivity index (χ0n) is 16.2. The molecule has 2 amide bonds. The molecular weight excluding hydrogens is 372 g/mol. The zero-order chi connectivity index (χ0) is 20.7. The van der Waals surface area contributed by atoms with E-state index in [2.05, 4.69) is 5.32 Å². The van der Waals surface area contributed by atoms with Gasteiger partial charge in [0.05, 0.1) is 0 Å². The van der Waals surface area contributed by atoms with E-state index in [1.807, 2.05) is 84.9 Å². The molecule has 0 saturated heterocycles. The Labute approximate surface area is 174 Å². The van der Waals surface area contributed by atoms with Gasteiger partial charge in [0.15, 0.2) is 0 Å². The van der Waals surface area contributed by atoms with Crippen LogP contribution in [0.5, 0.6) is 0 Å². The highest BCUT2D eigenvalue weighted by molar-refractivity contribution is 6.08. The summed E-state index contributed by atoms with van der Waals surface area (Å²) < 4.78 is 0. The number of primary amides is 1. The molecule has 1 aliphatic rings. The van der Waals surface area contributed by atoms with Crippen LogP contribution in [0.25, 0.3) is 21.9 Å². The molecule has 0 unspecified atom stereocenters. The third-order valence-corrected chi connectivity index (χ3v) is 5.84. The Hall–Kier alpha value is -3.92.